The minimum absolute atomic E-state index is 0.0703. The second kappa shape index (κ2) is 10.7. The van der Waals surface area contributed by atoms with E-state index in [0.29, 0.717) is 35.9 Å². The third-order valence-corrected chi connectivity index (χ3v) is 5.42. The fourth-order valence-electron chi connectivity index (χ4n) is 3.67. The molecule has 7 heteroatoms. The number of amides is 1. The molecule has 1 atom stereocenters. The Hall–Kier alpha value is -2.77. The van der Waals surface area contributed by atoms with Gasteiger partial charge in [-0.05, 0) is 50.5 Å². The normalized spacial score (nSPS) is 14.2. The zero-order valence-corrected chi connectivity index (χ0v) is 19.4. The van der Waals surface area contributed by atoms with Crippen molar-refractivity contribution in [1.29, 1.82) is 0 Å². The van der Waals surface area contributed by atoms with E-state index in [1.807, 2.05) is 24.3 Å². The van der Waals surface area contributed by atoms with E-state index < -0.39 is 6.10 Å². The number of nitrogens with one attached hydrogen (secondary N) is 2. The fourth-order valence-corrected chi connectivity index (χ4v) is 3.67. The van der Waals surface area contributed by atoms with Crippen molar-refractivity contribution in [3.8, 4) is 17.2 Å². The molecule has 32 heavy (non-hydrogen) atoms. The molecule has 0 radical (unpaired) electrons. The summed E-state index contributed by atoms with van der Waals surface area (Å²) in [4.78, 5) is 11.8. The van der Waals surface area contributed by atoms with Gasteiger partial charge in [-0.1, -0.05) is 25.5 Å². The Morgan fingerprint density at radius 3 is 2.66 bits per heavy atom. The molecule has 174 valence electrons. The maximum absolute atomic E-state index is 11.8. The summed E-state index contributed by atoms with van der Waals surface area (Å²) in [5.41, 5.74) is 2.05. The lowest BCUT2D eigenvalue weighted by Crippen LogP contribution is -2.43. The number of anilines is 1. The Morgan fingerprint density at radius 1 is 1.22 bits per heavy atom. The van der Waals surface area contributed by atoms with E-state index >= 15 is 0 Å². The van der Waals surface area contributed by atoms with Crippen LogP contribution in [0.25, 0.3) is 0 Å². The fraction of sp³-hybridized carbons (Fsp3) is 0.480. The van der Waals surface area contributed by atoms with E-state index in [1.54, 1.807) is 19.2 Å². The first kappa shape index (κ1) is 23.9. The zero-order valence-electron chi connectivity index (χ0n) is 19.4. The van der Waals surface area contributed by atoms with Gasteiger partial charge in [0.1, 0.15) is 17.2 Å². The van der Waals surface area contributed by atoms with E-state index in [2.05, 4.69) is 31.4 Å². The molecule has 1 heterocycles. The average Bonchev–Trinajstić information content (AvgIpc) is 2.77. The Bertz CT molecular complexity index is 911. The molecule has 0 aliphatic carbocycles. The van der Waals surface area contributed by atoms with Crippen molar-refractivity contribution >= 4 is 11.6 Å². The largest absolute Gasteiger partial charge is 0.497 e. The van der Waals surface area contributed by atoms with Gasteiger partial charge in [0.05, 0.1) is 25.5 Å². The number of carbonyl (C=O) groups is 1. The molecule has 1 aliphatic rings. The highest BCUT2D eigenvalue weighted by molar-refractivity contribution is 5.96. The minimum Gasteiger partial charge on any atom is -0.497 e. The number of unbranched alkanes of at least 4 members (excludes halogenated alkanes) is 1. The number of aliphatic hydroxyl groups is 1. The summed E-state index contributed by atoms with van der Waals surface area (Å²) < 4.78 is 16.7. The summed E-state index contributed by atoms with van der Waals surface area (Å²) in [5.74, 6) is 1.71. The maximum atomic E-state index is 11.8. The number of hydrogen-bond donors (Lipinski definition) is 3. The van der Waals surface area contributed by atoms with Gasteiger partial charge in [0.15, 0.2) is 6.61 Å². The molecule has 2 aromatic carbocycles. The van der Waals surface area contributed by atoms with Gasteiger partial charge in [-0.15, -0.1) is 0 Å². The maximum Gasteiger partial charge on any atom is 0.262 e. The van der Waals surface area contributed by atoms with Crippen molar-refractivity contribution < 1.29 is 24.1 Å². The molecule has 0 saturated carbocycles. The van der Waals surface area contributed by atoms with E-state index in [4.69, 9.17) is 14.2 Å². The van der Waals surface area contributed by atoms with Crippen LogP contribution in [0.3, 0.4) is 0 Å². The first-order valence-electron chi connectivity index (χ1n) is 11.1. The summed E-state index contributed by atoms with van der Waals surface area (Å²) in [5, 5.41) is 17.3. The molecular weight excluding hydrogens is 408 g/mol. The second-order valence-electron chi connectivity index (χ2n) is 8.73. The number of ether oxygens (including phenoxy) is 3. The molecular formula is C25H34N2O5. The summed E-state index contributed by atoms with van der Waals surface area (Å²) >= 11 is 0. The number of carbonyl (C=O) groups excluding carboxylic acids is 1. The molecule has 0 fully saturated rings. The monoisotopic (exact) mass is 442 g/mol. The Balaban J connectivity index is 1.70. The molecule has 0 spiro atoms. The zero-order chi connectivity index (χ0) is 23.1. The predicted molar refractivity (Wildman–Crippen MR) is 125 cm³/mol. The average molecular weight is 443 g/mol. The van der Waals surface area contributed by atoms with Crippen LogP contribution in [0.2, 0.25) is 0 Å². The highest BCUT2D eigenvalue weighted by Crippen LogP contribution is 2.39. The summed E-state index contributed by atoms with van der Waals surface area (Å²) in [7, 11) is 1.65. The molecule has 2 aromatic rings. The lowest BCUT2D eigenvalue weighted by atomic mass is 9.94. The van der Waals surface area contributed by atoms with Crippen LogP contribution in [0.4, 0.5) is 5.69 Å². The van der Waals surface area contributed by atoms with Gasteiger partial charge in [-0.25, -0.2) is 0 Å². The van der Waals surface area contributed by atoms with Gasteiger partial charge < -0.3 is 30.0 Å². The summed E-state index contributed by atoms with van der Waals surface area (Å²) in [6.07, 6.45) is 1.91. The molecule has 1 aliphatic heterocycles. The Morgan fingerprint density at radius 2 is 1.97 bits per heavy atom. The summed E-state index contributed by atoms with van der Waals surface area (Å²) in [6, 6.07) is 11.5. The standard InChI is InChI=1S/C25H34N2O5/c1-5-6-11-31-19-12-20(24-21(13-19)27-23(29)16-32-24)22(28)15-26-25(2,3)14-17-7-9-18(30-4)10-8-17/h7-10,12-13,22,26,28H,5-6,11,14-16H2,1-4H3,(H,27,29)/t22-/m0/s1. The smallest absolute Gasteiger partial charge is 0.262 e. The first-order valence-corrected chi connectivity index (χ1v) is 11.1. The number of methoxy groups -OCH3 is 1. The molecule has 1 amide bonds. The van der Waals surface area contributed by atoms with E-state index in [0.717, 1.165) is 25.0 Å². The third kappa shape index (κ3) is 6.37. The molecule has 3 rings (SSSR count). The Kier molecular flexibility index (Phi) is 7.99. The van der Waals surface area contributed by atoms with Crippen molar-refractivity contribution in [3.63, 3.8) is 0 Å². The van der Waals surface area contributed by atoms with Crippen LogP contribution in [0.1, 0.15) is 50.8 Å². The van der Waals surface area contributed by atoms with Crippen LogP contribution in [0.15, 0.2) is 36.4 Å². The van der Waals surface area contributed by atoms with Crippen molar-refractivity contribution in [2.45, 2.75) is 51.7 Å². The molecule has 0 unspecified atom stereocenters. The van der Waals surface area contributed by atoms with Gasteiger partial charge in [-0.3, -0.25) is 4.79 Å². The highest BCUT2D eigenvalue weighted by atomic mass is 16.5. The number of β-amino-alcohol motifs (C(OH)–C–C–N with tert-alkyl or cyclic N) is 1. The van der Waals surface area contributed by atoms with E-state index in [-0.39, 0.29) is 18.1 Å². The van der Waals surface area contributed by atoms with Crippen LogP contribution in [0, 0.1) is 0 Å². The van der Waals surface area contributed by atoms with Crippen molar-refractivity contribution in [1.82, 2.24) is 5.32 Å². The van der Waals surface area contributed by atoms with Crippen LogP contribution in [-0.2, 0) is 11.2 Å². The van der Waals surface area contributed by atoms with Crippen LogP contribution in [-0.4, -0.2) is 43.4 Å². The van der Waals surface area contributed by atoms with Gasteiger partial charge in [0.2, 0.25) is 0 Å². The number of hydrogen-bond acceptors (Lipinski definition) is 6. The minimum atomic E-state index is -0.830. The van der Waals surface area contributed by atoms with Gasteiger partial charge in [0.25, 0.3) is 5.91 Å². The van der Waals surface area contributed by atoms with Gasteiger partial charge in [0, 0.05) is 23.7 Å². The Labute approximate surface area is 190 Å². The molecule has 0 saturated heterocycles. The molecule has 3 N–H and O–H groups in total. The van der Waals surface area contributed by atoms with Crippen molar-refractivity contribution in [2.24, 2.45) is 0 Å². The lowest BCUT2D eigenvalue weighted by molar-refractivity contribution is -0.118. The number of fused-ring (bicyclic) bond motifs is 1. The molecule has 0 aromatic heterocycles. The van der Waals surface area contributed by atoms with Crippen molar-refractivity contribution in [3.05, 3.63) is 47.5 Å². The quantitative estimate of drug-likeness (QED) is 0.458. The first-order chi connectivity index (χ1) is 15.3. The van der Waals surface area contributed by atoms with Crippen LogP contribution < -0.4 is 24.8 Å². The summed E-state index contributed by atoms with van der Waals surface area (Å²) in [6.45, 7) is 7.12. The van der Waals surface area contributed by atoms with Gasteiger partial charge >= 0.3 is 0 Å². The topological polar surface area (TPSA) is 89.1 Å². The lowest BCUT2D eigenvalue weighted by Gasteiger charge is -2.29. The predicted octanol–water partition coefficient (Wildman–Crippen LogP) is 3.85. The van der Waals surface area contributed by atoms with Crippen molar-refractivity contribution in [2.75, 3.05) is 32.2 Å². The molecule has 0 bridgehead atoms. The van der Waals surface area contributed by atoms with Crippen LogP contribution in [0.5, 0.6) is 17.2 Å². The van der Waals surface area contributed by atoms with Gasteiger partial charge in [-0.2, -0.15) is 0 Å². The second-order valence-corrected chi connectivity index (χ2v) is 8.73. The number of benzene rings is 2. The van der Waals surface area contributed by atoms with E-state index in [9.17, 15) is 9.90 Å². The molecule has 7 nitrogen and oxygen atoms in total. The highest BCUT2D eigenvalue weighted by Gasteiger charge is 2.26. The SMILES string of the molecule is CCCCOc1cc2c(c([C@@H](O)CNC(C)(C)Cc3ccc(OC)cc3)c1)OCC(=O)N2. The third-order valence-electron chi connectivity index (χ3n) is 5.42. The van der Waals surface area contributed by atoms with Crippen LogP contribution >= 0.6 is 0 Å². The number of aliphatic hydroxyl groups excluding tert-OH is 1. The number of rotatable bonds is 11. The van der Waals surface area contributed by atoms with E-state index in [1.165, 1.54) is 5.56 Å².